The van der Waals surface area contributed by atoms with Crippen LogP contribution in [-0.4, -0.2) is 29.9 Å². The van der Waals surface area contributed by atoms with Crippen molar-refractivity contribution < 1.29 is 4.79 Å². The minimum atomic E-state index is -0.372. The second kappa shape index (κ2) is 5.31. The van der Waals surface area contributed by atoms with Crippen molar-refractivity contribution in [2.24, 2.45) is 16.9 Å². The van der Waals surface area contributed by atoms with Gasteiger partial charge in [-0.15, -0.1) is 0 Å². The smallest absolute Gasteiger partial charge is 0.248 e. The lowest BCUT2D eigenvalue weighted by atomic mass is 9.79. The summed E-state index contributed by atoms with van der Waals surface area (Å²) in [4.78, 5) is 13.6. The molecule has 104 valence electrons. The summed E-state index contributed by atoms with van der Waals surface area (Å²) >= 11 is 0. The quantitative estimate of drug-likeness (QED) is 0.862. The van der Waals surface area contributed by atoms with Crippen molar-refractivity contribution in [2.75, 3.05) is 13.1 Å². The van der Waals surface area contributed by atoms with Gasteiger partial charge in [0.25, 0.3) is 0 Å². The second-order valence-corrected chi connectivity index (χ2v) is 6.16. The molecule has 1 heterocycles. The van der Waals surface area contributed by atoms with Gasteiger partial charge in [-0.2, -0.15) is 0 Å². The van der Waals surface area contributed by atoms with Crippen LogP contribution in [0.3, 0.4) is 0 Å². The fourth-order valence-corrected chi connectivity index (χ4v) is 2.70. The number of benzene rings is 1. The third-order valence-corrected chi connectivity index (χ3v) is 4.01. The Morgan fingerprint density at radius 2 is 2.21 bits per heavy atom. The molecule has 0 aliphatic carbocycles. The van der Waals surface area contributed by atoms with Crippen LogP contribution >= 0.6 is 0 Å². The van der Waals surface area contributed by atoms with E-state index in [1.165, 1.54) is 0 Å². The highest BCUT2D eigenvalue weighted by Crippen LogP contribution is 2.28. The molecule has 1 aliphatic heterocycles. The molecule has 1 atom stereocenters. The van der Waals surface area contributed by atoms with Gasteiger partial charge in [-0.3, -0.25) is 9.69 Å². The molecule has 1 aromatic rings. The van der Waals surface area contributed by atoms with Gasteiger partial charge in [-0.1, -0.05) is 26.0 Å². The van der Waals surface area contributed by atoms with Crippen LogP contribution in [0.15, 0.2) is 24.3 Å². The van der Waals surface area contributed by atoms with Crippen LogP contribution in [0.5, 0.6) is 0 Å². The summed E-state index contributed by atoms with van der Waals surface area (Å²) in [5, 5.41) is 0. The molecule has 1 saturated heterocycles. The van der Waals surface area contributed by atoms with Crippen LogP contribution < -0.4 is 11.5 Å². The third-order valence-electron chi connectivity index (χ3n) is 4.01. The second-order valence-electron chi connectivity index (χ2n) is 6.16. The first-order valence-corrected chi connectivity index (χ1v) is 6.75. The Balaban J connectivity index is 2.05. The first-order valence-electron chi connectivity index (χ1n) is 6.75. The van der Waals surface area contributed by atoms with Crippen molar-refractivity contribution in [1.82, 2.24) is 4.90 Å². The molecule has 1 fully saturated rings. The van der Waals surface area contributed by atoms with E-state index in [0.29, 0.717) is 5.56 Å². The molecule has 4 nitrogen and oxygen atoms in total. The van der Waals surface area contributed by atoms with E-state index in [4.69, 9.17) is 11.5 Å². The van der Waals surface area contributed by atoms with E-state index in [1.54, 1.807) is 6.07 Å². The number of amides is 1. The molecule has 1 amide bonds. The molecule has 0 saturated carbocycles. The van der Waals surface area contributed by atoms with Crippen LogP contribution in [-0.2, 0) is 6.54 Å². The van der Waals surface area contributed by atoms with Crippen LogP contribution in [0.1, 0.15) is 36.2 Å². The molecule has 4 heteroatoms. The monoisotopic (exact) mass is 261 g/mol. The molecule has 0 bridgehead atoms. The van der Waals surface area contributed by atoms with Crippen molar-refractivity contribution >= 4 is 5.91 Å². The topological polar surface area (TPSA) is 72.3 Å². The Bertz CT molecular complexity index is 470. The van der Waals surface area contributed by atoms with Gasteiger partial charge in [-0.05, 0) is 29.5 Å². The Hall–Kier alpha value is -1.39. The summed E-state index contributed by atoms with van der Waals surface area (Å²) in [7, 11) is 0. The molecule has 0 aromatic heterocycles. The fourth-order valence-electron chi connectivity index (χ4n) is 2.70. The highest BCUT2D eigenvalue weighted by Gasteiger charge is 2.33. The molecule has 0 radical (unpaired) electrons. The Morgan fingerprint density at radius 1 is 1.47 bits per heavy atom. The highest BCUT2D eigenvalue weighted by molar-refractivity contribution is 5.92. The lowest BCUT2D eigenvalue weighted by molar-refractivity contribution is 0.0897. The Morgan fingerprint density at radius 3 is 2.84 bits per heavy atom. The zero-order valence-corrected chi connectivity index (χ0v) is 11.7. The molecular weight excluding hydrogens is 238 g/mol. The predicted molar refractivity (Wildman–Crippen MR) is 76.6 cm³/mol. The standard InChI is InChI=1S/C15H23N3O/c1-15(2)10-18(7-6-13(15)16)9-11-4-3-5-12(8-11)14(17)19/h3-5,8,13H,6-7,9-10,16H2,1-2H3,(H2,17,19). The summed E-state index contributed by atoms with van der Waals surface area (Å²) in [6.07, 6.45) is 1.02. The minimum absolute atomic E-state index is 0.138. The summed E-state index contributed by atoms with van der Waals surface area (Å²) < 4.78 is 0. The summed E-state index contributed by atoms with van der Waals surface area (Å²) in [6.45, 7) is 7.25. The van der Waals surface area contributed by atoms with E-state index in [1.807, 2.05) is 18.2 Å². The average Bonchev–Trinajstić information content (AvgIpc) is 2.34. The van der Waals surface area contributed by atoms with E-state index < -0.39 is 0 Å². The summed E-state index contributed by atoms with van der Waals surface area (Å²) in [5.41, 5.74) is 13.3. The SMILES string of the molecule is CC1(C)CN(Cc2cccc(C(N)=O)c2)CCC1N. The molecule has 2 rings (SSSR count). The van der Waals surface area contributed by atoms with Gasteiger partial charge >= 0.3 is 0 Å². The number of rotatable bonds is 3. The Kier molecular flexibility index (Phi) is 3.92. The van der Waals surface area contributed by atoms with Gasteiger partial charge in [0.15, 0.2) is 0 Å². The summed E-state index contributed by atoms with van der Waals surface area (Å²) in [6, 6.07) is 7.82. The maximum atomic E-state index is 11.2. The molecular formula is C15H23N3O. The minimum Gasteiger partial charge on any atom is -0.366 e. The van der Waals surface area contributed by atoms with Gasteiger partial charge in [0.1, 0.15) is 0 Å². The van der Waals surface area contributed by atoms with Gasteiger partial charge in [0.05, 0.1) is 0 Å². The number of likely N-dealkylation sites (tertiary alicyclic amines) is 1. The average molecular weight is 261 g/mol. The normalized spacial score (nSPS) is 23.2. The number of hydrogen-bond donors (Lipinski definition) is 2. The zero-order valence-electron chi connectivity index (χ0n) is 11.7. The molecule has 0 spiro atoms. The number of primary amides is 1. The third kappa shape index (κ3) is 3.33. The number of carbonyl (C=O) groups excluding carboxylic acids is 1. The van der Waals surface area contributed by atoms with E-state index in [2.05, 4.69) is 18.7 Å². The van der Waals surface area contributed by atoms with E-state index in [-0.39, 0.29) is 17.4 Å². The molecule has 19 heavy (non-hydrogen) atoms. The molecule has 4 N–H and O–H groups in total. The maximum absolute atomic E-state index is 11.2. The fraction of sp³-hybridized carbons (Fsp3) is 0.533. The number of hydrogen-bond acceptors (Lipinski definition) is 3. The Labute approximate surface area is 114 Å². The number of piperidine rings is 1. The summed E-state index contributed by atoms with van der Waals surface area (Å²) in [5.74, 6) is -0.372. The molecule has 1 aromatic carbocycles. The van der Waals surface area contributed by atoms with Crippen LogP contribution in [0, 0.1) is 5.41 Å². The van der Waals surface area contributed by atoms with Crippen molar-refractivity contribution in [2.45, 2.75) is 32.9 Å². The van der Waals surface area contributed by atoms with Gasteiger partial charge in [0, 0.05) is 31.2 Å². The molecule has 1 aliphatic rings. The largest absolute Gasteiger partial charge is 0.366 e. The first-order chi connectivity index (χ1) is 8.88. The van der Waals surface area contributed by atoms with E-state index in [9.17, 15) is 4.79 Å². The first kappa shape index (κ1) is 14.0. The van der Waals surface area contributed by atoms with Crippen LogP contribution in [0.2, 0.25) is 0 Å². The van der Waals surface area contributed by atoms with Crippen molar-refractivity contribution in [3.63, 3.8) is 0 Å². The van der Waals surface area contributed by atoms with E-state index in [0.717, 1.165) is 31.6 Å². The number of nitrogens with two attached hydrogens (primary N) is 2. The number of carbonyl (C=O) groups is 1. The number of nitrogens with zero attached hydrogens (tertiary/aromatic N) is 1. The predicted octanol–water partition coefficient (Wildman–Crippen LogP) is 1.34. The van der Waals surface area contributed by atoms with Gasteiger partial charge in [-0.25, -0.2) is 0 Å². The van der Waals surface area contributed by atoms with Crippen molar-refractivity contribution in [3.05, 3.63) is 35.4 Å². The van der Waals surface area contributed by atoms with Crippen molar-refractivity contribution in [3.8, 4) is 0 Å². The lowest BCUT2D eigenvalue weighted by Crippen LogP contribution is -2.52. The van der Waals surface area contributed by atoms with E-state index >= 15 is 0 Å². The lowest BCUT2D eigenvalue weighted by Gasteiger charge is -2.42. The maximum Gasteiger partial charge on any atom is 0.248 e. The van der Waals surface area contributed by atoms with Crippen molar-refractivity contribution in [1.29, 1.82) is 0 Å². The zero-order chi connectivity index (χ0) is 14.0. The van der Waals surface area contributed by atoms with Gasteiger partial charge < -0.3 is 11.5 Å². The molecule has 1 unspecified atom stereocenters. The van der Waals surface area contributed by atoms with Gasteiger partial charge in [0.2, 0.25) is 5.91 Å². The van der Waals surface area contributed by atoms with Crippen LogP contribution in [0.4, 0.5) is 0 Å². The highest BCUT2D eigenvalue weighted by atomic mass is 16.1. The van der Waals surface area contributed by atoms with Crippen LogP contribution in [0.25, 0.3) is 0 Å².